The fourth-order valence-corrected chi connectivity index (χ4v) is 5.84. The van der Waals surface area contributed by atoms with Crippen LogP contribution in [0.4, 0.5) is 12.0 Å². The third-order valence-electron chi connectivity index (χ3n) is 7.83. The topological polar surface area (TPSA) is 91.7 Å². The third-order valence-corrected chi connectivity index (χ3v) is 7.83. The van der Waals surface area contributed by atoms with E-state index in [1.807, 2.05) is 42.2 Å². The number of nitrogens with zero attached hydrogens (tertiary/aromatic N) is 6. The van der Waals surface area contributed by atoms with Crippen LogP contribution >= 0.6 is 0 Å². The molecule has 9 nitrogen and oxygen atoms in total. The molecule has 1 aromatic carbocycles. The maximum atomic E-state index is 13.2. The number of amides is 1. The van der Waals surface area contributed by atoms with E-state index >= 15 is 0 Å². The molecule has 5 heterocycles. The van der Waals surface area contributed by atoms with Crippen LogP contribution in [0.3, 0.4) is 0 Å². The average Bonchev–Trinajstić information content (AvgIpc) is 3.59. The van der Waals surface area contributed by atoms with E-state index in [-0.39, 0.29) is 5.91 Å². The van der Waals surface area contributed by atoms with Gasteiger partial charge < -0.3 is 23.5 Å². The molecule has 1 saturated carbocycles. The molecule has 0 radical (unpaired) electrons. The number of carbonyl (C=O) groups is 1. The SMILES string of the molecule is Cc1ccc2oc(N3CCN(C(=O)c4ccc5nc(N6CC7(CCCC7)C6)oc5c4)CC3)nc2n1. The summed E-state index contributed by atoms with van der Waals surface area (Å²) in [5.74, 6) is 0.00761. The molecular weight excluding hydrogens is 444 g/mol. The molecule has 3 aliphatic rings. The normalized spacial score (nSPS) is 19.7. The van der Waals surface area contributed by atoms with E-state index in [0.29, 0.717) is 66.0 Å². The molecule has 0 N–H and O–H groups in total. The van der Waals surface area contributed by atoms with Crippen molar-refractivity contribution in [3.63, 3.8) is 0 Å². The second-order valence-corrected chi connectivity index (χ2v) is 10.3. The standard InChI is InChI=1S/C26H28N6O3/c1-17-4-7-20-22(27-17)29-25(34-20)31-12-10-30(11-13-31)23(33)18-5-6-19-21(14-18)35-24(28-19)32-15-26(16-32)8-2-3-9-26/h4-7,14H,2-3,8-13,15-16H2,1H3. The van der Waals surface area contributed by atoms with Crippen molar-refractivity contribution < 1.29 is 13.6 Å². The zero-order valence-electron chi connectivity index (χ0n) is 19.9. The number of fused-ring (bicyclic) bond motifs is 2. The Labute approximate surface area is 202 Å². The van der Waals surface area contributed by atoms with Crippen molar-refractivity contribution in [1.29, 1.82) is 0 Å². The monoisotopic (exact) mass is 472 g/mol. The number of anilines is 2. The van der Waals surface area contributed by atoms with Crippen molar-refractivity contribution in [2.45, 2.75) is 32.6 Å². The first-order valence-corrected chi connectivity index (χ1v) is 12.5. The summed E-state index contributed by atoms with van der Waals surface area (Å²) in [5.41, 5.74) is 4.80. The highest BCUT2D eigenvalue weighted by atomic mass is 16.4. The molecule has 0 unspecified atom stereocenters. The zero-order chi connectivity index (χ0) is 23.6. The highest BCUT2D eigenvalue weighted by Gasteiger charge is 2.46. The van der Waals surface area contributed by atoms with E-state index < -0.39 is 0 Å². The van der Waals surface area contributed by atoms with Gasteiger partial charge >= 0.3 is 0 Å². The lowest BCUT2D eigenvalue weighted by atomic mass is 9.79. The summed E-state index contributed by atoms with van der Waals surface area (Å²) in [6.45, 7) is 6.51. The van der Waals surface area contributed by atoms with E-state index in [2.05, 4.69) is 24.8 Å². The zero-order valence-corrected chi connectivity index (χ0v) is 19.9. The predicted octanol–water partition coefficient (Wildman–Crippen LogP) is 4.02. The van der Waals surface area contributed by atoms with Crippen LogP contribution in [0.5, 0.6) is 0 Å². The number of pyridine rings is 1. The minimum Gasteiger partial charge on any atom is -0.423 e. The number of oxazole rings is 2. The van der Waals surface area contributed by atoms with Crippen LogP contribution in [0, 0.1) is 12.3 Å². The minimum absolute atomic E-state index is 0.00761. The van der Waals surface area contributed by atoms with E-state index in [9.17, 15) is 4.79 Å². The van der Waals surface area contributed by atoms with Crippen LogP contribution in [0.1, 0.15) is 41.7 Å². The minimum atomic E-state index is 0.00761. The Balaban J connectivity index is 1.02. The Bertz CT molecular complexity index is 1420. The lowest BCUT2D eigenvalue weighted by Gasteiger charge is -2.47. The van der Waals surface area contributed by atoms with Crippen molar-refractivity contribution in [3.05, 3.63) is 41.6 Å². The van der Waals surface area contributed by atoms with Crippen molar-refractivity contribution >= 4 is 40.3 Å². The van der Waals surface area contributed by atoms with Gasteiger partial charge in [-0.25, -0.2) is 4.98 Å². The van der Waals surface area contributed by atoms with E-state index in [0.717, 1.165) is 24.3 Å². The van der Waals surface area contributed by atoms with Gasteiger partial charge in [0.25, 0.3) is 17.9 Å². The summed E-state index contributed by atoms with van der Waals surface area (Å²) in [6.07, 6.45) is 5.32. The molecule has 7 rings (SSSR count). The van der Waals surface area contributed by atoms with Gasteiger partial charge in [0.05, 0.1) is 0 Å². The van der Waals surface area contributed by atoms with Crippen molar-refractivity contribution in [1.82, 2.24) is 19.9 Å². The molecule has 3 fully saturated rings. The van der Waals surface area contributed by atoms with Crippen molar-refractivity contribution in [2.75, 3.05) is 49.1 Å². The highest BCUT2D eigenvalue weighted by molar-refractivity contribution is 5.97. The number of benzene rings is 1. The van der Waals surface area contributed by atoms with Gasteiger partial charge in [0, 0.05) is 55.9 Å². The Morgan fingerprint density at radius 3 is 2.40 bits per heavy atom. The molecule has 1 amide bonds. The molecule has 1 aliphatic carbocycles. The number of hydrogen-bond donors (Lipinski definition) is 0. The molecule has 35 heavy (non-hydrogen) atoms. The fourth-order valence-electron chi connectivity index (χ4n) is 5.84. The first kappa shape index (κ1) is 20.7. The summed E-state index contributed by atoms with van der Waals surface area (Å²) < 4.78 is 12.0. The lowest BCUT2D eigenvalue weighted by Crippen LogP contribution is -2.55. The Morgan fingerprint density at radius 2 is 1.60 bits per heavy atom. The van der Waals surface area contributed by atoms with E-state index in [4.69, 9.17) is 8.83 Å². The molecule has 0 bridgehead atoms. The Hall–Kier alpha value is -3.62. The quantitative estimate of drug-likeness (QED) is 0.442. The molecule has 2 saturated heterocycles. The summed E-state index contributed by atoms with van der Waals surface area (Å²) in [7, 11) is 0. The van der Waals surface area contributed by atoms with Crippen LogP contribution in [-0.4, -0.2) is 65.0 Å². The highest BCUT2D eigenvalue weighted by Crippen LogP contribution is 2.47. The maximum absolute atomic E-state index is 13.2. The fraction of sp³-hybridized carbons (Fsp3) is 0.462. The van der Waals surface area contributed by atoms with Crippen LogP contribution in [-0.2, 0) is 0 Å². The van der Waals surface area contributed by atoms with Gasteiger partial charge in [-0.2, -0.15) is 9.97 Å². The second-order valence-electron chi connectivity index (χ2n) is 10.3. The molecule has 0 atom stereocenters. The smallest absolute Gasteiger partial charge is 0.300 e. The molecular formula is C26H28N6O3. The number of rotatable bonds is 3. The molecule has 1 spiro atoms. The van der Waals surface area contributed by atoms with Gasteiger partial charge in [-0.1, -0.05) is 12.8 Å². The van der Waals surface area contributed by atoms with Crippen molar-refractivity contribution in [2.24, 2.45) is 5.41 Å². The number of carbonyl (C=O) groups excluding carboxylic acids is 1. The first-order chi connectivity index (χ1) is 17.1. The van der Waals surface area contributed by atoms with Gasteiger partial charge in [0.15, 0.2) is 11.2 Å². The van der Waals surface area contributed by atoms with Gasteiger partial charge in [0.1, 0.15) is 5.52 Å². The summed E-state index contributed by atoms with van der Waals surface area (Å²) in [6, 6.07) is 10.6. The molecule has 3 aromatic heterocycles. The van der Waals surface area contributed by atoms with E-state index in [1.165, 1.54) is 25.7 Å². The summed E-state index contributed by atoms with van der Waals surface area (Å²) >= 11 is 0. The molecule has 2 aliphatic heterocycles. The van der Waals surface area contributed by atoms with Crippen molar-refractivity contribution in [3.8, 4) is 0 Å². The summed E-state index contributed by atoms with van der Waals surface area (Å²) in [4.78, 5) is 33.0. The van der Waals surface area contributed by atoms with Gasteiger partial charge in [-0.05, 0) is 50.1 Å². The number of hydrogen-bond acceptors (Lipinski definition) is 8. The van der Waals surface area contributed by atoms with E-state index in [1.54, 1.807) is 0 Å². The van der Waals surface area contributed by atoms with Gasteiger partial charge in [0.2, 0.25) is 5.65 Å². The Kier molecular flexibility index (Phi) is 4.56. The van der Waals surface area contributed by atoms with Gasteiger partial charge in [-0.15, -0.1) is 0 Å². The van der Waals surface area contributed by atoms with Crippen LogP contribution in [0.15, 0.2) is 39.2 Å². The molecule has 4 aromatic rings. The van der Waals surface area contributed by atoms with Crippen LogP contribution in [0.25, 0.3) is 22.3 Å². The van der Waals surface area contributed by atoms with Crippen LogP contribution in [0.2, 0.25) is 0 Å². The lowest BCUT2D eigenvalue weighted by molar-refractivity contribution is 0.0745. The Morgan fingerprint density at radius 1 is 0.857 bits per heavy atom. The third kappa shape index (κ3) is 3.52. The number of piperazine rings is 1. The average molecular weight is 473 g/mol. The predicted molar refractivity (Wildman–Crippen MR) is 132 cm³/mol. The van der Waals surface area contributed by atoms with Gasteiger partial charge in [-0.3, -0.25) is 4.79 Å². The maximum Gasteiger partial charge on any atom is 0.300 e. The molecule has 9 heteroatoms. The number of aryl methyl sites for hydroxylation is 1. The second kappa shape index (κ2) is 7.69. The molecule has 180 valence electrons. The largest absolute Gasteiger partial charge is 0.423 e. The first-order valence-electron chi connectivity index (χ1n) is 12.5. The van der Waals surface area contributed by atoms with Crippen LogP contribution < -0.4 is 9.80 Å². The number of aromatic nitrogens is 3. The summed E-state index contributed by atoms with van der Waals surface area (Å²) in [5, 5.41) is 0.